The summed E-state index contributed by atoms with van der Waals surface area (Å²) in [6.07, 6.45) is 4.42. The third kappa shape index (κ3) is 5.32. The molecule has 1 aliphatic heterocycles. The van der Waals surface area contributed by atoms with Crippen LogP contribution >= 0.6 is 0 Å². The lowest BCUT2D eigenvalue weighted by atomic mass is 10.0. The molecule has 0 atom stereocenters. The number of aromatic nitrogens is 1. The molecule has 4 rings (SSSR count). The van der Waals surface area contributed by atoms with Crippen molar-refractivity contribution >= 4 is 10.9 Å². The second kappa shape index (κ2) is 9.83. The number of hydrogen-bond acceptors (Lipinski definition) is 5. The molecule has 152 valence electrons. The highest BCUT2D eigenvalue weighted by Gasteiger charge is 2.21. The first kappa shape index (κ1) is 19.8. The molecule has 1 N–H and O–H groups in total. The zero-order chi connectivity index (χ0) is 19.9. The number of nitrogens with one attached hydrogen (secondary N) is 1. The number of hydrogen-bond donors (Lipinski definition) is 1. The Morgan fingerprint density at radius 1 is 1.03 bits per heavy atom. The van der Waals surface area contributed by atoms with Crippen LogP contribution in [-0.4, -0.2) is 44.2 Å². The Bertz CT molecular complexity index is 908. The van der Waals surface area contributed by atoms with E-state index in [1.807, 2.05) is 30.5 Å². The second-order valence-corrected chi connectivity index (χ2v) is 7.37. The molecule has 3 aromatic rings. The quantitative estimate of drug-likeness (QED) is 0.633. The number of nitrogens with zero attached hydrogens (tertiary/aromatic N) is 1. The smallest absolute Gasteiger partial charge is 0.158 e. The maximum Gasteiger partial charge on any atom is 0.158 e. The lowest BCUT2D eigenvalue weighted by molar-refractivity contribution is -0.191. The topological polar surface area (TPSA) is 52.6 Å². The van der Waals surface area contributed by atoms with Crippen LogP contribution < -0.4 is 10.1 Å². The molecule has 1 aliphatic rings. The van der Waals surface area contributed by atoms with Gasteiger partial charge in [0.15, 0.2) is 6.29 Å². The molecule has 0 saturated carbocycles. The number of methoxy groups -OCH3 is 1. The van der Waals surface area contributed by atoms with E-state index in [4.69, 9.17) is 14.2 Å². The van der Waals surface area contributed by atoms with E-state index in [-0.39, 0.29) is 12.3 Å². The van der Waals surface area contributed by atoms with E-state index in [2.05, 4.69) is 40.6 Å². The Morgan fingerprint density at radius 3 is 2.66 bits per heavy atom. The van der Waals surface area contributed by atoms with Crippen molar-refractivity contribution in [3.05, 3.63) is 71.9 Å². The number of rotatable bonds is 8. The maximum absolute atomic E-state index is 5.95. The zero-order valence-corrected chi connectivity index (χ0v) is 16.8. The molecule has 0 bridgehead atoms. The minimum atomic E-state index is -0.156. The fourth-order valence-corrected chi connectivity index (χ4v) is 3.69. The standard InChI is InChI=1S/C24H28N2O3/c1-27-21-8-9-23-22(15-21)19(12-14-26-23)7-10-24-28-16-20(17-29-24)25-13-11-18-5-3-2-4-6-18/h2-6,8-9,12,14-15,20,24-25H,7,10-11,13,16-17H2,1H3. The van der Waals surface area contributed by atoms with E-state index in [1.54, 1.807) is 7.11 Å². The lowest BCUT2D eigenvalue weighted by Crippen LogP contribution is -2.45. The van der Waals surface area contributed by atoms with Crippen LogP contribution in [0.1, 0.15) is 17.5 Å². The SMILES string of the molecule is COc1ccc2nccc(CCC3OCC(NCCc4ccccc4)CO3)c2c1. The van der Waals surface area contributed by atoms with Crippen molar-refractivity contribution in [2.24, 2.45) is 0 Å². The van der Waals surface area contributed by atoms with Crippen molar-refractivity contribution in [3.63, 3.8) is 0 Å². The van der Waals surface area contributed by atoms with Gasteiger partial charge in [-0.1, -0.05) is 30.3 Å². The van der Waals surface area contributed by atoms with Gasteiger partial charge in [-0.2, -0.15) is 0 Å². The van der Waals surface area contributed by atoms with Crippen LogP contribution in [0, 0.1) is 0 Å². The molecule has 1 aromatic heterocycles. The Labute approximate surface area is 172 Å². The average molecular weight is 392 g/mol. The highest BCUT2D eigenvalue weighted by atomic mass is 16.7. The first-order valence-electron chi connectivity index (χ1n) is 10.2. The summed E-state index contributed by atoms with van der Waals surface area (Å²) in [5.74, 6) is 0.848. The van der Waals surface area contributed by atoms with Crippen LogP contribution in [0.25, 0.3) is 10.9 Å². The summed E-state index contributed by atoms with van der Waals surface area (Å²) in [4.78, 5) is 4.45. The molecule has 0 amide bonds. The number of ether oxygens (including phenoxy) is 3. The third-order valence-corrected chi connectivity index (χ3v) is 5.34. The molecule has 0 unspecified atom stereocenters. The van der Waals surface area contributed by atoms with E-state index < -0.39 is 0 Å². The minimum absolute atomic E-state index is 0.156. The zero-order valence-electron chi connectivity index (χ0n) is 16.8. The van der Waals surface area contributed by atoms with Crippen molar-refractivity contribution in [1.29, 1.82) is 0 Å². The molecule has 1 fully saturated rings. The maximum atomic E-state index is 5.95. The Kier molecular flexibility index (Phi) is 6.72. The molecule has 2 heterocycles. The van der Waals surface area contributed by atoms with E-state index in [0.29, 0.717) is 13.2 Å². The molecule has 5 nitrogen and oxygen atoms in total. The van der Waals surface area contributed by atoms with Crippen molar-refractivity contribution < 1.29 is 14.2 Å². The van der Waals surface area contributed by atoms with Crippen LogP contribution in [0.15, 0.2) is 60.8 Å². The predicted octanol–water partition coefficient (Wildman–Crippen LogP) is 3.75. The van der Waals surface area contributed by atoms with Gasteiger partial charge < -0.3 is 19.5 Å². The summed E-state index contributed by atoms with van der Waals surface area (Å²) in [7, 11) is 1.69. The van der Waals surface area contributed by atoms with E-state index in [0.717, 1.165) is 42.5 Å². The first-order chi connectivity index (χ1) is 14.3. The third-order valence-electron chi connectivity index (χ3n) is 5.34. The van der Waals surface area contributed by atoms with Gasteiger partial charge in [-0.05, 0) is 54.8 Å². The van der Waals surface area contributed by atoms with Crippen molar-refractivity contribution in [2.45, 2.75) is 31.6 Å². The Morgan fingerprint density at radius 2 is 1.86 bits per heavy atom. The normalized spacial score (nSPS) is 19.3. The Hall–Kier alpha value is -2.47. The van der Waals surface area contributed by atoms with Gasteiger partial charge in [0.1, 0.15) is 5.75 Å². The van der Waals surface area contributed by atoms with Gasteiger partial charge in [0.2, 0.25) is 0 Å². The molecule has 0 aliphatic carbocycles. The van der Waals surface area contributed by atoms with E-state index in [1.165, 1.54) is 11.1 Å². The second-order valence-electron chi connectivity index (χ2n) is 7.37. The fraction of sp³-hybridized carbons (Fsp3) is 0.375. The van der Waals surface area contributed by atoms with Crippen LogP contribution in [0.2, 0.25) is 0 Å². The number of aryl methyl sites for hydroxylation is 1. The van der Waals surface area contributed by atoms with Crippen LogP contribution in [0.5, 0.6) is 5.75 Å². The van der Waals surface area contributed by atoms with Crippen LogP contribution in [-0.2, 0) is 22.3 Å². The van der Waals surface area contributed by atoms with Gasteiger partial charge in [0.05, 0.1) is 31.9 Å². The van der Waals surface area contributed by atoms with Gasteiger partial charge in [-0.15, -0.1) is 0 Å². The molecular weight excluding hydrogens is 364 g/mol. The largest absolute Gasteiger partial charge is 0.497 e. The molecule has 0 radical (unpaired) electrons. The Balaban J connectivity index is 1.23. The molecule has 5 heteroatoms. The van der Waals surface area contributed by atoms with Gasteiger partial charge in [-0.25, -0.2) is 0 Å². The monoisotopic (exact) mass is 392 g/mol. The highest BCUT2D eigenvalue weighted by molar-refractivity contribution is 5.83. The number of benzene rings is 2. The summed E-state index contributed by atoms with van der Waals surface area (Å²) >= 11 is 0. The van der Waals surface area contributed by atoms with E-state index in [9.17, 15) is 0 Å². The average Bonchev–Trinajstić information content (AvgIpc) is 2.79. The van der Waals surface area contributed by atoms with Crippen LogP contribution in [0.3, 0.4) is 0 Å². The van der Waals surface area contributed by atoms with Gasteiger partial charge >= 0.3 is 0 Å². The minimum Gasteiger partial charge on any atom is -0.497 e. The van der Waals surface area contributed by atoms with Crippen molar-refractivity contribution in [1.82, 2.24) is 10.3 Å². The molecular formula is C24H28N2O3. The molecule has 2 aromatic carbocycles. The highest BCUT2D eigenvalue weighted by Crippen LogP contribution is 2.24. The van der Waals surface area contributed by atoms with Crippen LogP contribution in [0.4, 0.5) is 0 Å². The lowest BCUT2D eigenvalue weighted by Gasteiger charge is -2.30. The van der Waals surface area contributed by atoms with Gasteiger partial charge in [-0.3, -0.25) is 4.98 Å². The number of pyridine rings is 1. The summed E-state index contributed by atoms with van der Waals surface area (Å²) in [6.45, 7) is 2.30. The van der Waals surface area contributed by atoms with Crippen molar-refractivity contribution in [3.8, 4) is 5.75 Å². The fourth-order valence-electron chi connectivity index (χ4n) is 3.69. The summed E-state index contributed by atoms with van der Waals surface area (Å²) in [6, 6.07) is 18.8. The van der Waals surface area contributed by atoms with Gasteiger partial charge in [0, 0.05) is 18.0 Å². The van der Waals surface area contributed by atoms with Crippen molar-refractivity contribution in [2.75, 3.05) is 26.9 Å². The predicted molar refractivity (Wildman–Crippen MR) is 114 cm³/mol. The van der Waals surface area contributed by atoms with Gasteiger partial charge in [0.25, 0.3) is 0 Å². The number of fused-ring (bicyclic) bond motifs is 1. The first-order valence-corrected chi connectivity index (χ1v) is 10.2. The molecule has 29 heavy (non-hydrogen) atoms. The molecule has 0 spiro atoms. The molecule has 1 saturated heterocycles. The summed E-state index contributed by atoms with van der Waals surface area (Å²) < 4.78 is 17.3. The summed E-state index contributed by atoms with van der Waals surface area (Å²) in [5, 5.41) is 4.66. The van der Waals surface area contributed by atoms with E-state index >= 15 is 0 Å². The summed E-state index contributed by atoms with van der Waals surface area (Å²) in [5.41, 5.74) is 3.57.